The van der Waals surface area contributed by atoms with Crippen molar-refractivity contribution in [3.8, 4) is 17.1 Å². The molecule has 0 aliphatic carbocycles. The van der Waals surface area contributed by atoms with Crippen LogP contribution >= 0.6 is 0 Å². The smallest absolute Gasteiger partial charge is 0.255 e. The number of aliphatic hydroxyl groups is 1. The lowest BCUT2D eigenvalue weighted by atomic mass is 9.86. The van der Waals surface area contributed by atoms with E-state index in [4.69, 9.17) is 15.2 Å². The molecule has 208 valence electrons. The molecule has 40 heavy (non-hydrogen) atoms. The highest BCUT2D eigenvalue weighted by Gasteiger charge is 2.18. The highest BCUT2D eigenvalue weighted by Crippen LogP contribution is 2.29. The lowest BCUT2D eigenvalue weighted by molar-refractivity contribution is 0.102. The molecule has 0 atom stereocenters. The van der Waals surface area contributed by atoms with Crippen LogP contribution in [0.2, 0.25) is 0 Å². The predicted molar refractivity (Wildman–Crippen MR) is 156 cm³/mol. The Kier molecular flexibility index (Phi) is 8.93. The molecule has 0 radical (unpaired) electrons. The van der Waals surface area contributed by atoms with Crippen molar-refractivity contribution >= 4 is 29.2 Å². The number of carbonyl (C=O) groups excluding carboxylic acids is 1. The van der Waals surface area contributed by atoms with Gasteiger partial charge in [-0.15, -0.1) is 0 Å². The number of nitrogen functional groups attached to an aromatic ring is 1. The van der Waals surface area contributed by atoms with Gasteiger partial charge in [0.05, 0.1) is 13.2 Å². The van der Waals surface area contributed by atoms with E-state index in [9.17, 15) is 9.90 Å². The molecule has 3 aromatic carbocycles. The van der Waals surface area contributed by atoms with Crippen molar-refractivity contribution in [1.29, 1.82) is 0 Å². The van der Waals surface area contributed by atoms with Crippen LogP contribution in [0.1, 0.15) is 42.3 Å². The Balaban J connectivity index is 1.55. The summed E-state index contributed by atoms with van der Waals surface area (Å²) in [6.07, 6.45) is 0. The first-order chi connectivity index (χ1) is 19.2. The standard InChI is InChI=1S/C30H34N6O4/c1-30(2,3)20-10-8-19(9-11-20)27(38)33-25-7-5-6-23(24(25)18-37)26-34-28(31)36-29(35-26)32-21-12-14-22(15-13-21)40-17-16-39-4/h5-15,37H,16-18H2,1-4H3,(H,33,38)(H3,31,32,34,35,36). The van der Waals surface area contributed by atoms with Gasteiger partial charge in [0.2, 0.25) is 11.9 Å². The van der Waals surface area contributed by atoms with Crippen molar-refractivity contribution in [2.45, 2.75) is 32.8 Å². The second kappa shape index (κ2) is 12.5. The predicted octanol–water partition coefficient (Wildman–Crippen LogP) is 4.93. The van der Waals surface area contributed by atoms with Crippen LogP contribution in [0.5, 0.6) is 5.75 Å². The molecule has 4 aromatic rings. The van der Waals surface area contributed by atoms with E-state index in [1.807, 2.05) is 36.4 Å². The van der Waals surface area contributed by atoms with Gasteiger partial charge in [0.1, 0.15) is 12.4 Å². The highest BCUT2D eigenvalue weighted by molar-refractivity contribution is 6.05. The summed E-state index contributed by atoms with van der Waals surface area (Å²) in [5.41, 5.74) is 9.76. The Morgan fingerprint density at radius 3 is 2.33 bits per heavy atom. The van der Waals surface area contributed by atoms with E-state index < -0.39 is 0 Å². The molecule has 0 spiro atoms. The molecule has 0 saturated carbocycles. The van der Waals surface area contributed by atoms with E-state index in [-0.39, 0.29) is 35.7 Å². The maximum atomic E-state index is 13.0. The van der Waals surface area contributed by atoms with E-state index in [0.717, 1.165) is 11.3 Å². The number of aromatic nitrogens is 3. The Hall–Kier alpha value is -4.54. The number of rotatable bonds is 10. The summed E-state index contributed by atoms with van der Waals surface area (Å²) in [6, 6.07) is 20.0. The van der Waals surface area contributed by atoms with Crippen molar-refractivity contribution < 1.29 is 19.4 Å². The number of nitrogens with zero attached hydrogens (tertiary/aromatic N) is 3. The summed E-state index contributed by atoms with van der Waals surface area (Å²) in [5.74, 6) is 0.899. The van der Waals surface area contributed by atoms with Crippen LogP contribution in [-0.4, -0.2) is 46.3 Å². The summed E-state index contributed by atoms with van der Waals surface area (Å²) < 4.78 is 10.6. The van der Waals surface area contributed by atoms with Crippen molar-refractivity contribution in [3.63, 3.8) is 0 Å². The van der Waals surface area contributed by atoms with Crippen LogP contribution in [0, 0.1) is 0 Å². The molecule has 0 unspecified atom stereocenters. The minimum Gasteiger partial charge on any atom is -0.491 e. The molecule has 0 aliphatic rings. The lowest BCUT2D eigenvalue weighted by Crippen LogP contribution is -2.15. The summed E-state index contributed by atoms with van der Waals surface area (Å²) in [7, 11) is 1.62. The topological polar surface area (TPSA) is 145 Å². The van der Waals surface area contributed by atoms with Crippen LogP contribution in [-0.2, 0) is 16.8 Å². The molecule has 1 amide bonds. The van der Waals surface area contributed by atoms with E-state index in [2.05, 4.69) is 46.4 Å². The minimum atomic E-state index is -0.354. The van der Waals surface area contributed by atoms with Gasteiger partial charge >= 0.3 is 0 Å². The molecule has 0 aliphatic heterocycles. The average molecular weight is 543 g/mol. The second-order valence-corrected chi connectivity index (χ2v) is 10.1. The van der Waals surface area contributed by atoms with Gasteiger partial charge in [-0.05, 0) is 53.4 Å². The molecular formula is C30H34N6O4. The van der Waals surface area contributed by atoms with Crippen LogP contribution in [0.4, 0.5) is 23.3 Å². The van der Waals surface area contributed by atoms with Crippen LogP contribution < -0.4 is 21.1 Å². The molecule has 5 N–H and O–H groups in total. The Labute approximate surface area is 233 Å². The minimum absolute atomic E-state index is 0.00397. The number of carbonyl (C=O) groups is 1. The number of hydrogen-bond acceptors (Lipinski definition) is 9. The zero-order valence-corrected chi connectivity index (χ0v) is 23.1. The highest BCUT2D eigenvalue weighted by atomic mass is 16.5. The zero-order chi connectivity index (χ0) is 28.7. The third-order valence-electron chi connectivity index (χ3n) is 6.16. The Bertz CT molecular complexity index is 1450. The molecule has 10 nitrogen and oxygen atoms in total. The van der Waals surface area contributed by atoms with E-state index in [0.29, 0.717) is 41.3 Å². The van der Waals surface area contributed by atoms with Gasteiger partial charge in [-0.1, -0.05) is 45.0 Å². The van der Waals surface area contributed by atoms with E-state index in [1.165, 1.54) is 0 Å². The Morgan fingerprint density at radius 1 is 0.950 bits per heavy atom. The fourth-order valence-electron chi connectivity index (χ4n) is 3.97. The average Bonchev–Trinajstić information content (AvgIpc) is 2.93. The number of aliphatic hydroxyl groups excluding tert-OH is 1. The van der Waals surface area contributed by atoms with Gasteiger partial charge in [-0.25, -0.2) is 0 Å². The third kappa shape index (κ3) is 7.10. The van der Waals surface area contributed by atoms with Gasteiger partial charge in [-0.2, -0.15) is 15.0 Å². The van der Waals surface area contributed by atoms with Crippen LogP contribution in [0.3, 0.4) is 0 Å². The first-order valence-corrected chi connectivity index (χ1v) is 12.8. The molecule has 4 rings (SSSR count). The summed E-state index contributed by atoms with van der Waals surface area (Å²) in [5, 5.41) is 16.3. The fourth-order valence-corrected chi connectivity index (χ4v) is 3.97. The number of nitrogens with two attached hydrogens (primary N) is 1. The van der Waals surface area contributed by atoms with Crippen LogP contribution in [0.25, 0.3) is 11.4 Å². The van der Waals surface area contributed by atoms with Crippen molar-refractivity contribution in [2.75, 3.05) is 36.7 Å². The second-order valence-electron chi connectivity index (χ2n) is 10.1. The number of anilines is 4. The zero-order valence-electron chi connectivity index (χ0n) is 23.1. The number of ether oxygens (including phenoxy) is 2. The molecule has 0 fully saturated rings. The van der Waals surface area contributed by atoms with Gasteiger partial charge in [0.15, 0.2) is 5.82 Å². The molecule has 1 heterocycles. The molecule has 1 aromatic heterocycles. The monoisotopic (exact) mass is 542 g/mol. The van der Waals surface area contributed by atoms with E-state index >= 15 is 0 Å². The summed E-state index contributed by atoms with van der Waals surface area (Å²) >= 11 is 0. The van der Waals surface area contributed by atoms with Gasteiger partial charge in [0, 0.05) is 35.2 Å². The number of nitrogens with one attached hydrogen (secondary N) is 2. The summed E-state index contributed by atoms with van der Waals surface area (Å²) in [6.45, 7) is 6.95. The summed E-state index contributed by atoms with van der Waals surface area (Å²) in [4.78, 5) is 26.0. The molecule has 10 heteroatoms. The third-order valence-corrected chi connectivity index (χ3v) is 6.16. The largest absolute Gasteiger partial charge is 0.491 e. The van der Waals surface area contributed by atoms with Crippen LogP contribution in [0.15, 0.2) is 66.7 Å². The maximum absolute atomic E-state index is 13.0. The number of hydrogen-bond donors (Lipinski definition) is 4. The van der Waals surface area contributed by atoms with Crippen molar-refractivity contribution in [1.82, 2.24) is 15.0 Å². The maximum Gasteiger partial charge on any atom is 0.255 e. The normalized spacial score (nSPS) is 11.2. The lowest BCUT2D eigenvalue weighted by Gasteiger charge is -2.19. The van der Waals surface area contributed by atoms with Gasteiger partial charge in [0.25, 0.3) is 5.91 Å². The molecular weight excluding hydrogens is 508 g/mol. The molecule has 0 bridgehead atoms. The van der Waals surface area contributed by atoms with E-state index in [1.54, 1.807) is 37.4 Å². The first kappa shape index (κ1) is 28.5. The van der Waals surface area contributed by atoms with Crippen molar-refractivity contribution in [3.05, 3.63) is 83.4 Å². The van der Waals surface area contributed by atoms with Gasteiger partial charge in [-0.3, -0.25) is 4.79 Å². The number of benzene rings is 3. The number of amides is 1. The SMILES string of the molecule is COCCOc1ccc(Nc2nc(N)nc(-c3cccc(NC(=O)c4ccc(C(C)(C)C)cc4)c3CO)n2)cc1. The quantitative estimate of drug-likeness (QED) is 0.205. The van der Waals surface area contributed by atoms with Gasteiger partial charge < -0.3 is 30.9 Å². The fraction of sp³-hybridized carbons (Fsp3) is 0.267. The number of methoxy groups -OCH3 is 1. The Morgan fingerprint density at radius 2 is 1.68 bits per heavy atom. The van der Waals surface area contributed by atoms with Crippen molar-refractivity contribution in [2.24, 2.45) is 0 Å². The first-order valence-electron chi connectivity index (χ1n) is 12.8. The molecule has 0 saturated heterocycles.